The first-order valence-electron chi connectivity index (χ1n) is 8.65. The summed E-state index contributed by atoms with van der Waals surface area (Å²) in [6, 6.07) is 11.8. The van der Waals surface area contributed by atoms with Gasteiger partial charge in [0, 0.05) is 34.1 Å². The highest BCUT2D eigenvalue weighted by atomic mass is 35.5. The van der Waals surface area contributed by atoms with E-state index in [1.807, 2.05) is 6.07 Å². The molecule has 0 saturated carbocycles. The molecule has 2 heterocycles. The van der Waals surface area contributed by atoms with Gasteiger partial charge in [0.25, 0.3) is 0 Å². The number of cyclic esters (lactones) is 1. The Morgan fingerprint density at radius 1 is 1.03 bits per heavy atom. The topological polar surface area (TPSA) is 51.2 Å². The number of pyridine rings is 1. The van der Waals surface area contributed by atoms with Crippen LogP contribution in [0, 0.1) is 23.5 Å². The Balaban J connectivity index is 1.66. The number of alkyl carbamates (subject to hydrolysis) is 1. The average Bonchev–Trinajstić information content (AvgIpc) is 3.10. The van der Waals surface area contributed by atoms with Crippen molar-refractivity contribution >= 4 is 17.7 Å². The van der Waals surface area contributed by atoms with Gasteiger partial charge in [0.05, 0.1) is 0 Å². The van der Waals surface area contributed by atoms with Gasteiger partial charge >= 0.3 is 6.09 Å². The molecule has 1 N–H and O–H groups in total. The lowest BCUT2D eigenvalue weighted by Gasteiger charge is -2.18. The van der Waals surface area contributed by atoms with Gasteiger partial charge in [-0.15, -0.1) is 0 Å². The number of nitrogens with zero attached hydrogens (tertiary/aromatic N) is 1. The van der Waals surface area contributed by atoms with Crippen molar-refractivity contribution in [3.05, 3.63) is 99.8 Å². The fourth-order valence-electron chi connectivity index (χ4n) is 3.07. The van der Waals surface area contributed by atoms with E-state index in [-0.39, 0.29) is 5.56 Å². The van der Waals surface area contributed by atoms with E-state index in [9.17, 15) is 13.6 Å². The first-order valence-corrected chi connectivity index (χ1v) is 9.02. The van der Waals surface area contributed by atoms with Crippen molar-refractivity contribution in [2.75, 3.05) is 0 Å². The second-order valence-corrected chi connectivity index (χ2v) is 6.79. The molecule has 4 rings (SSSR count). The molecule has 0 bridgehead atoms. The minimum atomic E-state index is -1.05. The smallest absolute Gasteiger partial charge is 0.408 e. The predicted octanol–water partition coefficient (Wildman–Crippen LogP) is 4.94. The van der Waals surface area contributed by atoms with Gasteiger partial charge in [-0.1, -0.05) is 41.6 Å². The summed E-state index contributed by atoms with van der Waals surface area (Å²) < 4.78 is 33.1. The third kappa shape index (κ3) is 4.05. The molecule has 3 aromatic rings. The second-order valence-electron chi connectivity index (χ2n) is 6.36. The summed E-state index contributed by atoms with van der Waals surface area (Å²) in [6.45, 7) is 0. The van der Waals surface area contributed by atoms with E-state index in [0.29, 0.717) is 16.1 Å². The van der Waals surface area contributed by atoms with Crippen LogP contribution in [0.1, 0.15) is 34.4 Å². The van der Waals surface area contributed by atoms with E-state index < -0.39 is 29.9 Å². The first-order chi connectivity index (χ1) is 14.0. The number of ether oxygens (including phenoxy) is 1. The number of hydrogen-bond donors (Lipinski definition) is 1. The Bertz CT molecular complexity index is 1160. The molecule has 0 radical (unpaired) electrons. The molecule has 1 aromatic heterocycles. The summed E-state index contributed by atoms with van der Waals surface area (Å²) in [5.41, 5.74) is 1.83. The third-order valence-corrected chi connectivity index (χ3v) is 4.63. The largest absolute Gasteiger partial charge is 0.439 e. The van der Waals surface area contributed by atoms with E-state index in [2.05, 4.69) is 22.1 Å². The highest BCUT2D eigenvalue weighted by Crippen LogP contribution is 2.38. The van der Waals surface area contributed by atoms with Gasteiger partial charge in [-0.3, -0.25) is 4.98 Å². The van der Waals surface area contributed by atoms with E-state index in [1.54, 1.807) is 30.5 Å². The maximum atomic E-state index is 14.2. The number of hydrogen-bond acceptors (Lipinski definition) is 3. The molecule has 1 amide bonds. The quantitative estimate of drug-likeness (QED) is 0.609. The molecular weight excluding hydrogens is 398 g/mol. The van der Waals surface area contributed by atoms with Crippen molar-refractivity contribution < 1.29 is 18.3 Å². The predicted molar refractivity (Wildman–Crippen MR) is 103 cm³/mol. The second kappa shape index (κ2) is 7.90. The molecule has 2 unspecified atom stereocenters. The molecule has 2 aromatic carbocycles. The number of carbonyl (C=O) groups excluding carboxylic acids is 1. The Morgan fingerprint density at radius 3 is 2.66 bits per heavy atom. The number of nitrogens with one attached hydrogen (secondary N) is 1. The van der Waals surface area contributed by atoms with Crippen molar-refractivity contribution in [3.63, 3.8) is 0 Å². The number of carbonyl (C=O) groups is 1. The molecule has 0 spiro atoms. The summed E-state index contributed by atoms with van der Waals surface area (Å²) in [7, 11) is 0. The van der Waals surface area contributed by atoms with Gasteiger partial charge in [0.2, 0.25) is 0 Å². The van der Waals surface area contributed by atoms with Gasteiger partial charge in [0.1, 0.15) is 6.04 Å². The first kappa shape index (κ1) is 18.9. The Kier molecular flexibility index (Phi) is 5.15. The van der Waals surface area contributed by atoms with Crippen molar-refractivity contribution in [1.29, 1.82) is 0 Å². The van der Waals surface area contributed by atoms with Crippen LogP contribution in [-0.4, -0.2) is 11.1 Å². The van der Waals surface area contributed by atoms with Crippen LogP contribution in [0.3, 0.4) is 0 Å². The monoisotopic (exact) mass is 410 g/mol. The van der Waals surface area contributed by atoms with Crippen LogP contribution in [0.25, 0.3) is 0 Å². The van der Waals surface area contributed by atoms with Crippen LogP contribution in [0.5, 0.6) is 0 Å². The SMILES string of the molecule is O=C1NC(c2cncc(C#Cc3cccc(Cl)c3)c2)C(c2cccc(F)c2F)O1. The summed E-state index contributed by atoms with van der Waals surface area (Å²) in [5.74, 6) is 3.90. The van der Waals surface area contributed by atoms with Gasteiger partial charge in [-0.2, -0.15) is 0 Å². The highest BCUT2D eigenvalue weighted by molar-refractivity contribution is 6.30. The summed E-state index contributed by atoms with van der Waals surface area (Å²) in [6.07, 6.45) is 1.33. The summed E-state index contributed by atoms with van der Waals surface area (Å²) in [5, 5.41) is 3.20. The van der Waals surface area contributed by atoms with Crippen molar-refractivity contribution in [2.24, 2.45) is 0 Å². The van der Waals surface area contributed by atoms with Crippen molar-refractivity contribution in [2.45, 2.75) is 12.1 Å². The molecule has 29 heavy (non-hydrogen) atoms. The van der Waals surface area contributed by atoms with Crippen LogP contribution in [0.4, 0.5) is 13.6 Å². The Morgan fingerprint density at radius 2 is 1.83 bits per heavy atom. The normalized spacial score (nSPS) is 17.8. The third-order valence-electron chi connectivity index (χ3n) is 4.39. The minimum absolute atomic E-state index is 0.0521. The number of rotatable bonds is 2. The van der Waals surface area contributed by atoms with E-state index in [4.69, 9.17) is 16.3 Å². The summed E-state index contributed by atoms with van der Waals surface area (Å²) >= 11 is 5.96. The molecule has 1 saturated heterocycles. The molecule has 4 nitrogen and oxygen atoms in total. The Hall–Kier alpha value is -3.43. The lowest BCUT2D eigenvalue weighted by molar-refractivity contribution is 0.129. The fourth-order valence-corrected chi connectivity index (χ4v) is 3.26. The van der Waals surface area contributed by atoms with Crippen LogP contribution < -0.4 is 5.32 Å². The molecule has 1 fully saturated rings. The number of amides is 1. The molecule has 0 aliphatic carbocycles. The van der Waals surface area contributed by atoms with Crippen molar-refractivity contribution in [3.8, 4) is 11.8 Å². The molecule has 144 valence electrons. The van der Waals surface area contributed by atoms with Crippen LogP contribution in [0.15, 0.2) is 60.9 Å². The van der Waals surface area contributed by atoms with Crippen molar-refractivity contribution in [1.82, 2.24) is 10.3 Å². The lowest BCUT2D eigenvalue weighted by atomic mass is 9.96. The molecule has 1 aliphatic heterocycles. The van der Waals surface area contributed by atoms with E-state index >= 15 is 0 Å². The van der Waals surface area contributed by atoms with Gasteiger partial charge < -0.3 is 10.1 Å². The van der Waals surface area contributed by atoms with E-state index in [1.165, 1.54) is 18.3 Å². The maximum Gasteiger partial charge on any atom is 0.408 e. The zero-order valence-electron chi connectivity index (χ0n) is 14.8. The molecular formula is C22H13ClF2N2O2. The maximum absolute atomic E-state index is 14.2. The van der Waals surface area contributed by atoms with Gasteiger partial charge in [-0.25, -0.2) is 13.6 Å². The number of benzene rings is 2. The summed E-state index contributed by atoms with van der Waals surface area (Å²) in [4.78, 5) is 16.0. The molecule has 7 heteroatoms. The Labute approximate surface area is 170 Å². The van der Waals surface area contributed by atoms with Crippen LogP contribution >= 0.6 is 11.6 Å². The highest BCUT2D eigenvalue weighted by Gasteiger charge is 2.38. The molecule has 1 aliphatic rings. The lowest BCUT2D eigenvalue weighted by Crippen LogP contribution is -2.20. The number of aromatic nitrogens is 1. The fraction of sp³-hybridized carbons (Fsp3) is 0.0909. The van der Waals surface area contributed by atoms with Gasteiger partial charge in [-0.05, 0) is 35.9 Å². The standard InChI is InChI=1S/C22H13ClF2N2O2/c23-16-4-1-3-13(10-16)7-8-14-9-15(12-26-11-14)20-21(29-22(28)27-20)17-5-2-6-18(24)19(17)25/h1-6,9-12,20-21H,(H,27,28). The molecule has 2 atom stereocenters. The van der Waals surface area contributed by atoms with E-state index in [0.717, 1.165) is 11.6 Å². The minimum Gasteiger partial charge on any atom is -0.439 e. The van der Waals surface area contributed by atoms with Crippen LogP contribution in [0.2, 0.25) is 5.02 Å². The zero-order valence-corrected chi connectivity index (χ0v) is 15.6. The zero-order chi connectivity index (χ0) is 20.4. The van der Waals surface area contributed by atoms with Crippen LogP contribution in [-0.2, 0) is 4.74 Å². The average molecular weight is 411 g/mol. The number of halogens is 3. The van der Waals surface area contributed by atoms with Gasteiger partial charge in [0.15, 0.2) is 17.7 Å².